The zero-order chi connectivity index (χ0) is 14.1. The second kappa shape index (κ2) is 4.85. The molecule has 2 aromatic rings. The molecule has 102 valence electrons. The molecule has 20 heavy (non-hydrogen) atoms. The van der Waals surface area contributed by atoms with Crippen LogP contribution in [-0.4, -0.2) is 16.9 Å². The SMILES string of the molecule is O=C(NNC(=O)C1CC1)c1cc2ccccc2cc1O. The Kier molecular flexibility index (Phi) is 3.02. The van der Waals surface area contributed by atoms with Crippen molar-refractivity contribution in [2.24, 2.45) is 5.92 Å². The highest BCUT2D eigenvalue weighted by Gasteiger charge is 2.29. The summed E-state index contributed by atoms with van der Waals surface area (Å²) in [6, 6.07) is 10.6. The molecule has 3 rings (SSSR count). The summed E-state index contributed by atoms with van der Waals surface area (Å²) >= 11 is 0. The molecule has 0 bridgehead atoms. The fourth-order valence-corrected chi connectivity index (χ4v) is 2.04. The molecular weight excluding hydrogens is 256 g/mol. The Bertz CT molecular complexity index is 693. The number of aromatic hydroxyl groups is 1. The van der Waals surface area contributed by atoms with Gasteiger partial charge in [-0.3, -0.25) is 20.4 Å². The molecule has 5 nitrogen and oxygen atoms in total. The highest BCUT2D eigenvalue weighted by atomic mass is 16.3. The molecule has 0 aliphatic heterocycles. The van der Waals surface area contributed by atoms with Gasteiger partial charge in [0.1, 0.15) is 5.75 Å². The van der Waals surface area contributed by atoms with Crippen LogP contribution in [0.1, 0.15) is 23.2 Å². The van der Waals surface area contributed by atoms with E-state index in [4.69, 9.17) is 0 Å². The molecule has 0 saturated heterocycles. The number of nitrogens with one attached hydrogen (secondary N) is 2. The summed E-state index contributed by atoms with van der Waals surface area (Å²) in [5, 5.41) is 11.6. The Hall–Kier alpha value is -2.56. The first-order chi connectivity index (χ1) is 9.65. The first kappa shape index (κ1) is 12.5. The van der Waals surface area contributed by atoms with Crippen LogP contribution in [0.2, 0.25) is 0 Å². The summed E-state index contributed by atoms with van der Waals surface area (Å²) in [5.74, 6) is -0.803. The molecule has 0 atom stereocenters. The largest absolute Gasteiger partial charge is 0.507 e. The summed E-state index contributed by atoms with van der Waals surface area (Å²) < 4.78 is 0. The lowest BCUT2D eigenvalue weighted by molar-refractivity contribution is -0.123. The third-order valence-corrected chi connectivity index (χ3v) is 3.36. The molecule has 1 saturated carbocycles. The lowest BCUT2D eigenvalue weighted by Gasteiger charge is -2.09. The van der Waals surface area contributed by atoms with Crippen molar-refractivity contribution >= 4 is 22.6 Å². The van der Waals surface area contributed by atoms with Gasteiger partial charge >= 0.3 is 0 Å². The minimum atomic E-state index is -0.526. The Morgan fingerprint density at radius 3 is 2.35 bits per heavy atom. The van der Waals surface area contributed by atoms with Crippen molar-refractivity contribution in [2.75, 3.05) is 0 Å². The van der Waals surface area contributed by atoms with E-state index in [9.17, 15) is 14.7 Å². The van der Waals surface area contributed by atoms with Crippen molar-refractivity contribution in [1.82, 2.24) is 10.9 Å². The maximum absolute atomic E-state index is 12.0. The summed E-state index contributed by atoms with van der Waals surface area (Å²) in [6.45, 7) is 0. The Morgan fingerprint density at radius 2 is 1.70 bits per heavy atom. The van der Waals surface area contributed by atoms with Gasteiger partial charge in [0.15, 0.2) is 0 Å². The van der Waals surface area contributed by atoms with Crippen molar-refractivity contribution < 1.29 is 14.7 Å². The fourth-order valence-electron chi connectivity index (χ4n) is 2.04. The predicted molar refractivity (Wildman–Crippen MR) is 73.9 cm³/mol. The number of hydrogen-bond acceptors (Lipinski definition) is 3. The van der Waals surface area contributed by atoms with Crippen LogP contribution < -0.4 is 10.9 Å². The summed E-state index contributed by atoms with van der Waals surface area (Å²) in [4.78, 5) is 23.4. The number of benzene rings is 2. The third-order valence-electron chi connectivity index (χ3n) is 3.36. The van der Waals surface area contributed by atoms with Crippen LogP contribution in [0.25, 0.3) is 10.8 Å². The van der Waals surface area contributed by atoms with Gasteiger partial charge in [-0.1, -0.05) is 24.3 Å². The van der Waals surface area contributed by atoms with E-state index in [1.165, 1.54) is 6.07 Å². The van der Waals surface area contributed by atoms with Gasteiger partial charge in [-0.25, -0.2) is 0 Å². The maximum atomic E-state index is 12.0. The van der Waals surface area contributed by atoms with E-state index in [0.717, 1.165) is 23.6 Å². The lowest BCUT2D eigenvalue weighted by Crippen LogP contribution is -2.42. The number of rotatable bonds is 2. The van der Waals surface area contributed by atoms with Gasteiger partial charge < -0.3 is 5.11 Å². The number of phenolic OH excluding ortho intramolecular Hbond substituents is 1. The van der Waals surface area contributed by atoms with Gasteiger partial charge in [-0.05, 0) is 35.7 Å². The van der Waals surface area contributed by atoms with Crippen LogP contribution in [0.5, 0.6) is 5.75 Å². The topological polar surface area (TPSA) is 78.4 Å². The van der Waals surface area contributed by atoms with Crippen molar-refractivity contribution in [2.45, 2.75) is 12.8 Å². The molecular formula is C15H14N2O3. The number of hydrogen-bond donors (Lipinski definition) is 3. The Morgan fingerprint density at radius 1 is 1.05 bits per heavy atom. The molecule has 0 radical (unpaired) electrons. The van der Waals surface area contributed by atoms with Gasteiger partial charge in [0, 0.05) is 5.92 Å². The lowest BCUT2D eigenvalue weighted by atomic mass is 10.1. The molecule has 5 heteroatoms. The standard InChI is InChI=1S/C15H14N2O3/c18-13-8-11-4-2-1-3-10(11)7-12(13)15(20)17-16-14(19)9-5-6-9/h1-4,7-9,18H,5-6H2,(H,16,19)(H,17,20). The molecule has 3 N–H and O–H groups in total. The van der Waals surface area contributed by atoms with Crippen LogP contribution in [0.3, 0.4) is 0 Å². The van der Waals surface area contributed by atoms with E-state index < -0.39 is 5.91 Å². The zero-order valence-corrected chi connectivity index (χ0v) is 10.7. The molecule has 0 heterocycles. The van der Waals surface area contributed by atoms with Crippen LogP contribution in [-0.2, 0) is 4.79 Å². The van der Waals surface area contributed by atoms with Gasteiger partial charge in [0.2, 0.25) is 5.91 Å². The third kappa shape index (κ3) is 2.42. The van der Waals surface area contributed by atoms with E-state index in [2.05, 4.69) is 10.9 Å². The van der Waals surface area contributed by atoms with Crippen LogP contribution in [0.4, 0.5) is 0 Å². The number of amides is 2. The quantitative estimate of drug-likeness (QED) is 0.727. The normalized spacial score (nSPS) is 14.0. The summed E-state index contributed by atoms with van der Waals surface area (Å²) in [5.41, 5.74) is 4.83. The van der Waals surface area contributed by atoms with E-state index >= 15 is 0 Å². The smallest absolute Gasteiger partial charge is 0.273 e. The van der Waals surface area contributed by atoms with Crippen molar-refractivity contribution in [1.29, 1.82) is 0 Å². The van der Waals surface area contributed by atoms with Gasteiger partial charge in [0.05, 0.1) is 5.56 Å². The predicted octanol–water partition coefficient (Wildman–Crippen LogP) is 1.72. The second-order valence-corrected chi connectivity index (χ2v) is 4.93. The molecule has 1 aliphatic rings. The fraction of sp³-hybridized carbons (Fsp3) is 0.200. The van der Waals surface area contributed by atoms with E-state index in [-0.39, 0.29) is 23.1 Å². The number of fused-ring (bicyclic) bond motifs is 1. The zero-order valence-electron chi connectivity index (χ0n) is 10.7. The second-order valence-electron chi connectivity index (χ2n) is 4.93. The maximum Gasteiger partial charge on any atom is 0.273 e. The minimum absolute atomic E-state index is 0.0144. The van der Waals surface area contributed by atoms with Gasteiger partial charge in [-0.2, -0.15) is 0 Å². The molecule has 1 aliphatic carbocycles. The molecule has 2 aromatic carbocycles. The molecule has 0 spiro atoms. The summed E-state index contributed by atoms with van der Waals surface area (Å²) in [6.07, 6.45) is 1.73. The number of phenols is 1. The highest BCUT2D eigenvalue weighted by molar-refractivity contribution is 6.02. The average Bonchev–Trinajstić information content (AvgIpc) is 3.28. The van der Waals surface area contributed by atoms with E-state index in [1.54, 1.807) is 6.07 Å². The first-order valence-electron chi connectivity index (χ1n) is 6.47. The first-order valence-corrected chi connectivity index (χ1v) is 6.47. The van der Waals surface area contributed by atoms with Crippen molar-refractivity contribution in [3.8, 4) is 5.75 Å². The van der Waals surface area contributed by atoms with E-state index in [0.29, 0.717) is 0 Å². The average molecular weight is 270 g/mol. The van der Waals surface area contributed by atoms with Gasteiger partial charge in [-0.15, -0.1) is 0 Å². The Labute approximate surface area is 115 Å². The van der Waals surface area contributed by atoms with Crippen LogP contribution in [0.15, 0.2) is 36.4 Å². The minimum Gasteiger partial charge on any atom is -0.507 e. The van der Waals surface area contributed by atoms with Crippen molar-refractivity contribution in [3.63, 3.8) is 0 Å². The Balaban J connectivity index is 1.79. The number of carbonyl (C=O) groups excluding carboxylic acids is 2. The van der Waals surface area contributed by atoms with Crippen molar-refractivity contribution in [3.05, 3.63) is 42.0 Å². The van der Waals surface area contributed by atoms with E-state index in [1.807, 2.05) is 24.3 Å². The monoisotopic (exact) mass is 270 g/mol. The molecule has 0 unspecified atom stereocenters. The molecule has 1 fully saturated rings. The summed E-state index contributed by atoms with van der Waals surface area (Å²) in [7, 11) is 0. The highest BCUT2D eigenvalue weighted by Crippen LogP contribution is 2.28. The molecule has 2 amide bonds. The van der Waals surface area contributed by atoms with Crippen LogP contribution in [0, 0.1) is 5.92 Å². The molecule has 0 aromatic heterocycles. The number of carbonyl (C=O) groups is 2. The van der Waals surface area contributed by atoms with Crippen LogP contribution >= 0.6 is 0 Å². The van der Waals surface area contributed by atoms with Gasteiger partial charge in [0.25, 0.3) is 5.91 Å². The number of hydrazine groups is 1.